The zero-order valence-electron chi connectivity index (χ0n) is 10.2. The molecule has 0 amide bonds. The van der Waals surface area contributed by atoms with Crippen LogP contribution in [0.2, 0.25) is 0 Å². The van der Waals surface area contributed by atoms with Gasteiger partial charge in [-0.15, -0.1) is 0 Å². The topological polar surface area (TPSA) is 38.0 Å². The van der Waals surface area contributed by atoms with E-state index in [1.165, 1.54) is 6.07 Å². The second kappa shape index (κ2) is 5.67. The first-order valence-corrected chi connectivity index (χ1v) is 6.80. The van der Waals surface area contributed by atoms with E-state index in [2.05, 4.69) is 21.2 Å². The Kier molecular flexibility index (Phi) is 4.17. The van der Waals surface area contributed by atoms with Crippen LogP contribution in [0.15, 0.2) is 40.9 Å². The van der Waals surface area contributed by atoms with E-state index in [-0.39, 0.29) is 5.82 Å². The lowest BCUT2D eigenvalue weighted by molar-refractivity contribution is 0.619. The number of nitrogens with one attached hydrogen (secondary N) is 1. The largest absolute Gasteiger partial charge is 0.389 e. The molecule has 98 valence electrons. The minimum Gasteiger partial charge on any atom is -0.389 e. The van der Waals surface area contributed by atoms with Crippen LogP contribution in [0.3, 0.4) is 0 Å². The van der Waals surface area contributed by atoms with Crippen LogP contribution >= 0.6 is 28.1 Å². The maximum Gasteiger partial charge on any atom is 0.126 e. The Bertz CT molecular complexity index is 643. The fourth-order valence-electron chi connectivity index (χ4n) is 1.68. The third kappa shape index (κ3) is 3.30. The Morgan fingerprint density at radius 3 is 2.42 bits per heavy atom. The molecule has 0 aliphatic heterocycles. The molecule has 19 heavy (non-hydrogen) atoms. The standard InChI is InChI=1S/C14H12BrFN2S/c1-8-6-9(3-5-13(8)16)18-10-2-4-11(14(17)19)12(15)7-10/h2-7,18H,1H3,(H2,17,19). The second-order valence-corrected chi connectivity index (χ2v) is 5.44. The summed E-state index contributed by atoms with van der Waals surface area (Å²) in [7, 11) is 0. The summed E-state index contributed by atoms with van der Waals surface area (Å²) in [6.07, 6.45) is 0. The zero-order valence-corrected chi connectivity index (χ0v) is 12.6. The first-order valence-electron chi connectivity index (χ1n) is 5.60. The van der Waals surface area contributed by atoms with Crippen molar-refractivity contribution in [2.45, 2.75) is 6.92 Å². The maximum atomic E-state index is 13.2. The second-order valence-electron chi connectivity index (χ2n) is 4.15. The Morgan fingerprint density at radius 1 is 1.21 bits per heavy atom. The van der Waals surface area contributed by atoms with Gasteiger partial charge in [0.1, 0.15) is 10.8 Å². The highest BCUT2D eigenvalue weighted by molar-refractivity contribution is 9.10. The molecule has 0 aliphatic rings. The number of halogens is 2. The quantitative estimate of drug-likeness (QED) is 0.820. The molecular formula is C14H12BrFN2S. The molecule has 0 bridgehead atoms. The van der Waals surface area contributed by atoms with Crippen molar-refractivity contribution < 1.29 is 4.39 Å². The van der Waals surface area contributed by atoms with Gasteiger partial charge in [0, 0.05) is 21.4 Å². The summed E-state index contributed by atoms with van der Waals surface area (Å²) in [5.41, 5.74) is 8.68. The van der Waals surface area contributed by atoms with E-state index in [1.807, 2.05) is 18.2 Å². The number of hydrogen-bond donors (Lipinski definition) is 2. The lowest BCUT2D eigenvalue weighted by Crippen LogP contribution is -2.10. The number of anilines is 2. The van der Waals surface area contributed by atoms with Gasteiger partial charge in [0.2, 0.25) is 0 Å². The van der Waals surface area contributed by atoms with Crippen molar-refractivity contribution in [2.75, 3.05) is 5.32 Å². The highest BCUT2D eigenvalue weighted by atomic mass is 79.9. The molecule has 2 rings (SSSR count). The van der Waals surface area contributed by atoms with Gasteiger partial charge in [0.15, 0.2) is 0 Å². The molecular weight excluding hydrogens is 327 g/mol. The van der Waals surface area contributed by atoms with Gasteiger partial charge in [-0.1, -0.05) is 12.2 Å². The van der Waals surface area contributed by atoms with Crippen LogP contribution in [-0.2, 0) is 0 Å². The summed E-state index contributed by atoms with van der Waals surface area (Å²) >= 11 is 8.36. The lowest BCUT2D eigenvalue weighted by atomic mass is 10.2. The molecule has 0 aromatic heterocycles. The smallest absolute Gasteiger partial charge is 0.126 e. The van der Waals surface area contributed by atoms with E-state index in [0.717, 1.165) is 21.4 Å². The first kappa shape index (κ1) is 14.0. The van der Waals surface area contributed by atoms with Crippen LogP contribution in [0.4, 0.5) is 15.8 Å². The molecule has 3 N–H and O–H groups in total. The van der Waals surface area contributed by atoms with Gasteiger partial charge in [0.05, 0.1) is 0 Å². The molecule has 0 saturated heterocycles. The monoisotopic (exact) mass is 338 g/mol. The van der Waals surface area contributed by atoms with Crippen molar-refractivity contribution >= 4 is 44.5 Å². The highest BCUT2D eigenvalue weighted by Gasteiger charge is 2.05. The third-order valence-corrected chi connectivity index (χ3v) is 3.56. The number of aryl methyl sites for hydroxylation is 1. The van der Waals surface area contributed by atoms with E-state index < -0.39 is 0 Å². The van der Waals surface area contributed by atoms with Crippen LogP contribution in [0.5, 0.6) is 0 Å². The van der Waals surface area contributed by atoms with E-state index in [1.54, 1.807) is 19.1 Å². The van der Waals surface area contributed by atoms with Crippen molar-refractivity contribution in [1.82, 2.24) is 0 Å². The molecule has 0 radical (unpaired) electrons. The average Bonchev–Trinajstić information content (AvgIpc) is 2.33. The summed E-state index contributed by atoms with van der Waals surface area (Å²) in [4.78, 5) is 0.344. The molecule has 0 heterocycles. The average molecular weight is 339 g/mol. The van der Waals surface area contributed by atoms with Gasteiger partial charge in [-0.3, -0.25) is 0 Å². The predicted molar refractivity (Wildman–Crippen MR) is 84.4 cm³/mol. The number of rotatable bonds is 3. The summed E-state index contributed by atoms with van der Waals surface area (Å²) < 4.78 is 14.0. The molecule has 0 spiro atoms. The lowest BCUT2D eigenvalue weighted by Gasteiger charge is -2.10. The number of nitrogens with two attached hydrogens (primary N) is 1. The zero-order chi connectivity index (χ0) is 14.0. The van der Waals surface area contributed by atoms with Crippen molar-refractivity contribution in [1.29, 1.82) is 0 Å². The van der Waals surface area contributed by atoms with Crippen LogP contribution < -0.4 is 11.1 Å². The van der Waals surface area contributed by atoms with E-state index >= 15 is 0 Å². The SMILES string of the molecule is Cc1cc(Nc2ccc(C(N)=S)c(Br)c2)ccc1F. The van der Waals surface area contributed by atoms with Crippen LogP contribution in [0, 0.1) is 12.7 Å². The summed E-state index contributed by atoms with van der Waals surface area (Å²) in [6, 6.07) is 10.5. The van der Waals surface area contributed by atoms with Gasteiger partial charge >= 0.3 is 0 Å². The van der Waals surface area contributed by atoms with Gasteiger partial charge in [-0.05, 0) is 64.8 Å². The normalized spacial score (nSPS) is 10.3. The number of hydrogen-bond acceptors (Lipinski definition) is 2. The molecule has 0 aliphatic carbocycles. The number of benzene rings is 2. The maximum absolute atomic E-state index is 13.2. The van der Waals surface area contributed by atoms with Gasteiger partial charge in [-0.2, -0.15) is 0 Å². The molecule has 2 nitrogen and oxygen atoms in total. The van der Waals surface area contributed by atoms with Crippen LogP contribution in [0.1, 0.15) is 11.1 Å². The summed E-state index contributed by atoms with van der Waals surface area (Å²) in [5.74, 6) is -0.212. The minimum absolute atomic E-state index is 0.212. The summed E-state index contributed by atoms with van der Waals surface area (Å²) in [6.45, 7) is 1.73. The summed E-state index contributed by atoms with van der Waals surface area (Å²) in [5, 5.41) is 3.20. The molecule has 0 atom stereocenters. The Labute approximate surface area is 124 Å². The molecule has 2 aromatic rings. The predicted octanol–water partition coefficient (Wildman–Crippen LogP) is 4.27. The van der Waals surface area contributed by atoms with Gasteiger partial charge in [0.25, 0.3) is 0 Å². The molecule has 0 saturated carbocycles. The van der Waals surface area contributed by atoms with Gasteiger partial charge < -0.3 is 11.1 Å². The van der Waals surface area contributed by atoms with Crippen molar-refractivity contribution in [3.63, 3.8) is 0 Å². The van der Waals surface area contributed by atoms with Crippen molar-refractivity contribution in [3.8, 4) is 0 Å². The van der Waals surface area contributed by atoms with E-state index in [4.69, 9.17) is 18.0 Å². The molecule has 0 fully saturated rings. The molecule has 0 unspecified atom stereocenters. The number of thiocarbonyl (C=S) groups is 1. The Hall–Kier alpha value is -1.46. The first-order chi connectivity index (χ1) is 8.97. The van der Waals surface area contributed by atoms with E-state index in [0.29, 0.717) is 10.6 Å². The van der Waals surface area contributed by atoms with E-state index in [9.17, 15) is 4.39 Å². The third-order valence-electron chi connectivity index (χ3n) is 2.68. The van der Waals surface area contributed by atoms with Crippen molar-refractivity contribution in [2.24, 2.45) is 5.73 Å². The molecule has 5 heteroatoms. The minimum atomic E-state index is -0.212. The highest BCUT2D eigenvalue weighted by Crippen LogP contribution is 2.25. The van der Waals surface area contributed by atoms with Crippen LogP contribution in [0.25, 0.3) is 0 Å². The van der Waals surface area contributed by atoms with Crippen molar-refractivity contribution in [3.05, 3.63) is 57.8 Å². The van der Waals surface area contributed by atoms with Gasteiger partial charge in [-0.25, -0.2) is 4.39 Å². The fraction of sp³-hybridized carbons (Fsp3) is 0.0714. The van der Waals surface area contributed by atoms with Crippen LogP contribution in [-0.4, -0.2) is 4.99 Å². The molecule has 2 aromatic carbocycles. The Balaban J connectivity index is 2.26. The Morgan fingerprint density at radius 2 is 1.84 bits per heavy atom. The fourth-order valence-corrected chi connectivity index (χ4v) is 2.58.